The zero-order chi connectivity index (χ0) is 30.3. The number of hydrogen-bond acceptors (Lipinski definition) is 7. The highest BCUT2D eigenvalue weighted by atomic mass is 32.1. The zero-order valence-corrected chi connectivity index (χ0v) is 25.7. The van der Waals surface area contributed by atoms with Crippen LogP contribution in [0.2, 0.25) is 0 Å². The Bertz CT molecular complexity index is 1310. The van der Waals surface area contributed by atoms with Crippen LogP contribution in [0.3, 0.4) is 0 Å². The van der Waals surface area contributed by atoms with Crippen LogP contribution in [0.4, 0.5) is 4.39 Å². The van der Waals surface area contributed by atoms with Gasteiger partial charge in [-0.2, -0.15) is 0 Å². The van der Waals surface area contributed by atoms with Crippen LogP contribution in [0.15, 0.2) is 23.7 Å². The van der Waals surface area contributed by atoms with Crippen LogP contribution in [0.5, 0.6) is 5.75 Å². The predicted octanol–water partition coefficient (Wildman–Crippen LogP) is 3.91. The van der Waals surface area contributed by atoms with Gasteiger partial charge in [-0.05, 0) is 57.6 Å². The molecule has 224 valence electrons. The Balaban J connectivity index is 1.51. The smallest absolute Gasteiger partial charge is 0.258 e. The maximum atomic E-state index is 14.4. The summed E-state index contributed by atoms with van der Waals surface area (Å²) in [5, 5.41) is 15.9. The van der Waals surface area contributed by atoms with Crippen molar-refractivity contribution in [2.45, 2.75) is 104 Å². The third-order valence-corrected chi connectivity index (χ3v) is 8.27. The van der Waals surface area contributed by atoms with Crippen molar-refractivity contribution >= 4 is 29.1 Å². The number of aromatic nitrogens is 1. The van der Waals surface area contributed by atoms with Gasteiger partial charge >= 0.3 is 0 Å². The van der Waals surface area contributed by atoms with Gasteiger partial charge in [0.15, 0.2) is 5.67 Å². The fourth-order valence-corrected chi connectivity index (χ4v) is 5.67. The third-order valence-electron chi connectivity index (χ3n) is 7.29. The Morgan fingerprint density at radius 2 is 1.90 bits per heavy atom. The summed E-state index contributed by atoms with van der Waals surface area (Å²) in [5.74, 6) is -1.14. The van der Waals surface area contributed by atoms with Crippen LogP contribution in [0.25, 0.3) is 10.4 Å². The Hall–Kier alpha value is -3.05. The highest BCUT2D eigenvalue weighted by molar-refractivity contribution is 7.13. The van der Waals surface area contributed by atoms with E-state index in [2.05, 4.69) is 15.6 Å². The van der Waals surface area contributed by atoms with Gasteiger partial charge in [0.2, 0.25) is 11.8 Å². The number of hydrogen-bond donors (Lipinski definition) is 3. The number of thiazole rings is 1. The predicted molar refractivity (Wildman–Crippen MR) is 155 cm³/mol. The number of likely N-dealkylation sites (tertiary alicyclic amines) is 1. The lowest BCUT2D eigenvalue weighted by atomic mass is 9.85. The lowest BCUT2D eigenvalue weighted by Gasteiger charge is -2.35. The van der Waals surface area contributed by atoms with E-state index in [1.807, 2.05) is 45.9 Å². The molecule has 2 aliphatic rings. The molecule has 1 aromatic heterocycles. The van der Waals surface area contributed by atoms with Crippen LogP contribution < -0.4 is 15.4 Å². The minimum Gasteiger partial charge on any atom is -0.488 e. The molecular weight excluding hydrogens is 547 g/mol. The van der Waals surface area contributed by atoms with E-state index in [0.717, 1.165) is 21.7 Å². The van der Waals surface area contributed by atoms with Gasteiger partial charge in [-0.25, -0.2) is 9.37 Å². The minimum absolute atomic E-state index is 0.0541. The molecule has 2 heterocycles. The Kier molecular flexibility index (Phi) is 8.53. The Morgan fingerprint density at radius 3 is 2.46 bits per heavy atom. The number of carbonyl (C=O) groups excluding carboxylic acids is 3. The highest BCUT2D eigenvalue weighted by Gasteiger charge is 2.53. The summed E-state index contributed by atoms with van der Waals surface area (Å²) in [4.78, 5) is 46.3. The van der Waals surface area contributed by atoms with Crippen molar-refractivity contribution in [3.8, 4) is 16.2 Å². The first-order valence-corrected chi connectivity index (χ1v) is 14.8. The van der Waals surface area contributed by atoms with Gasteiger partial charge < -0.3 is 25.4 Å². The van der Waals surface area contributed by atoms with Gasteiger partial charge in [-0.3, -0.25) is 14.4 Å². The van der Waals surface area contributed by atoms with Crippen molar-refractivity contribution in [3.63, 3.8) is 0 Å². The molecule has 2 aromatic rings. The summed E-state index contributed by atoms with van der Waals surface area (Å²) >= 11 is 1.54. The lowest BCUT2D eigenvalue weighted by molar-refractivity contribution is -0.145. The summed E-state index contributed by atoms with van der Waals surface area (Å²) in [6.45, 7) is 13.2. The molecule has 2 fully saturated rings. The molecule has 0 radical (unpaired) electrons. The molecule has 0 unspecified atom stereocenters. The average Bonchev–Trinajstić information content (AvgIpc) is 3.27. The van der Waals surface area contributed by atoms with E-state index in [-0.39, 0.29) is 32.4 Å². The van der Waals surface area contributed by atoms with Crippen molar-refractivity contribution in [3.05, 3.63) is 35.0 Å². The maximum Gasteiger partial charge on any atom is 0.258 e. The standard InChI is InChI=1S/C30H41FN4O5S/c1-17-23(41-16-33-17)18-8-9-19(22(12-18)40-29(5,6)7)14-32-25(37)21-13-20(36)15-35(21)26(38)24(28(2,3)4)34-27(39)30(31)10-11-30/h8-9,12,16,20-21,24,36H,10-11,13-15H2,1-7H3,(H,32,37)(H,34,39)/t20-,21+,24-/m1/s1. The second kappa shape index (κ2) is 11.3. The maximum absolute atomic E-state index is 14.4. The molecule has 1 aromatic carbocycles. The molecule has 11 heteroatoms. The van der Waals surface area contributed by atoms with E-state index < -0.39 is 52.6 Å². The zero-order valence-electron chi connectivity index (χ0n) is 24.8. The monoisotopic (exact) mass is 588 g/mol. The number of ether oxygens (including phenoxy) is 1. The van der Waals surface area contributed by atoms with Crippen LogP contribution >= 0.6 is 11.3 Å². The lowest BCUT2D eigenvalue weighted by Crippen LogP contribution is -2.59. The van der Waals surface area contributed by atoms with Gasteiger partial charge in [0, 0.05) is 25.1 Å². The van der Waals surface area contributed by atoms with Gasteiger partial charge in [0.25, 0.3) is 5.91 Å². The fourth-order valence-electron chi connectivity index (χ4n) is 4.86. The summed E-state index contributed by atoms with van der Waals surface area (Å²) in [7, 11) is 0. The average molecular weight is 589 g/mol. The molecule has 9 nitrogen and oxygen atoms in total. The first kappa shape index (κ1) is 30.9. The topological polar surface area (TPSA) is 121 Å². The van der Waals surface area contributed by atoms with Crippen LogP contribution in [0.1, 0.15) is 72.1 Å². The molecule has 1 aliphatic carbocycles. The Morgan fingerprint density at radius 1 is 1.22 bits per heavy atom. The molecule has 3 atom stereocenters. The van der Waals surface area contributed by atoms with Crippen LogP contribution in [-0.2, 0) is 20.9 Å². The first-order chi connectivity index (χ1) is 19.0. The molecule has 0 spiro atoms. The Labute approximate surface area is 244 Å². The van der Waals surface area contributed by atoms with Gasteiger partial charge in [0.1, 0.15) is 23.4 Å². The second-order valence-electron chi connectivity index (χ2n) is 13.2. The van der Waals surface area contributed by atoms with Crippen molar-refractivity contribution < 1.29 is 28.6 Å². The van der Waals surface area contributed by atoms with E-state index in [1.54, 1.807) is 37.6 Å². The van der Waals surface area contributed by atoms with Crippen LogP contribution in [-0.4, -0.2) is 68.7 Å². The SMILES string of the molecule is Cc1ncsc1-c1ccc(CNC(=O)[C@@H]2C[C@@H](O)CN2C(=O)[C@@H](NC(=O)C2(F)CC2)C(C)(C)C)c(OC(C)(C)C)c1. The molecule has 3 amide bonds. The number of β-amino-alcohol motifs (C(OH)–C–C–N with tert-alkyl or cyclic N) is 1. The molecule has 3 N–H and O–H groups in total. The molecule has 41 heavy (non-hydrogen) atoms. The quantitative estimate of drug-likeness (QED) is 0.430. The van der Waals surface area contributed by atoms with Crippen molar-refractivity contribution in [1.29, 1.82) is 0 Å². The normalized spacial score (nSPS) is 20.9. The number of benzene rings is 1. The van der Waals surface area contributed by atoms with Crippen LogP contribution in [0, 0.1) is 12.3 Å². The minimum atomic E-state index is -1.94. The van der Waals surface area contributed by atoms with Gasteiger partial charge in [0.05, 0.1) is 22.2 Å². The van der Waals surface area contributed by atoms with Crippen molar-refractivity contribution in [2.75, 3.05) is 6.54 Å². The summed E-state index contributed by atoms with van der Waals surface area (Å²) in [6, 6.07) is 3.80. The van der Waals surface area contributed by atoms with E-state index in [1.165, 1.54) is 4.90 Å². The number of nitrogens with one attached hydrogen (secondary N) is 2. The number of nitrogens with zero attached hydrogens (tertiary/aromatic N) is 2. The number of carbonyl (C=O) groups is 3. The van der Waals surface area contributed by atoms with Gasteiger partial charge in [-0.15, -0.1) is 11.3 Å². The summed E-state index contributed by atoms with van der Waals surface area (Å²) < 4.78 is 20.7. The highest BCUT2D eigenvalue weighted by Crippen LogP contribution is 2.40. The third kappa shape index (κ3) is 7.24. The molecule has 1 saturated carbocycles. The number of halogens is 1. The largest absolute Gasteiger partial charge is 0.488 e. The van der Waals surface area contributed by atoms with Crippen molar-refractivity contribution in [1.82, 2.24) is 20.5 Å². The summed E-state index contributed by atoms with van der Waals surface area (Å²) in [5.41, 5.74) is 1.27. The second-order valence-corrected chi connectivity index (χ2v) is 14.0. The number of amides is 3. The molecule has 1 aliphatic heterocycles. The molecular formula is C30H41FN4O5S. The fraction of sp³-hybridized carbons (Fsp3) is 0.600. The van der Waals surface area contributed by atoms with Crippen molar-refractivity contribution in [2.24, 2.45) is 5.41 Å². The van der Waals surface area contributed by atoms with E-state index in [9.17, 15) is 23.9 Å². The molecule has 4 rings (SSSR count). The number of aryl methyl sites for hydroxylation is 1. The van der Waals surface area contributed by atoms with E-state index in [4.69, 9.17) is 4.74 Å². The number of aliphatic hydroxyl groups is 1. The number of aliphatic hydroxyl groups excluding tert-OH is 1. The summed E-state index contributed by atoms with van der Waals surface area (Å²) in [6.07, 6.45) is -0.583. The molecule has 0 bridgehead atoms. The first-order valence-electron chi connectivity index (χ1n) is 14.0. The van der Waals surface area contributed by atoms with Gasteiger partial charge in [-0.1, -0.05) is 32.9 Å². The van der Waals surface area contributed by atoms with E-state index in [0.29, 0.717) is 5.75 Å². The van der Waals surface area contributed by atoms with E-state index >= 15 is 0 Å². The number of alkyl halides is 1. The number of rotatable bonds is 8. The molecule has 1 saturated heterocycles.